The fraction of sp³-hybridized carbons (Fsp3) is 0.263. The molecule has 0 radical (unpaired) electrons. The molecule has 15 heteroatoms. The summed E-state index contributed by atoms with van der Waals surface area (Å²) in [5, 5.41) is 6.50. The quantitative estimate of drug-likeness (QED) is 0.466. The second-order valence-corrected chi connectivity index (χ2v) is 12.0. The highest BCUT2D eigenvalue weighted by Gasteiger charge is 2.41. The average Bonchev–Trinajstić information content (AvgIpc) is 3.50. The third-order valence-corrected chi connectivity index (χ3v) is 8.67. The van der Waals surface area contributed by atoms with Crippen LogP contribution in [0, 0.1) is 6.92 Å². The number of hydrogen-bond acceptors (Lipinski definition) is 11. The van der Waals surface area contributed by atoms with Crippen molar-refractivity contribution in [3.8, 4) is 17.2 Å². The Balaban J connectivity index is 1.99. The van der Waals surface area contributed by atoms with E-state index in [-0.39, 0.29) is 55.9 Å². The maximum atomic E-state index is 13.5. The van der Waals surface area contributed by atoms with Gasteiger partial charge in [0.1, 0.15) is 10.9 Å². The molecule has 0 spiro atoms. The molecule has 4 rings (SSSR count). The van der Waals surface area contributed by atoms with Gasteiger partial charge in [-0.1, -0.05) is 16.8 Å². The number of nitrogens with one attached hydrogen (secondary N) is 1. The largest absolute Gasteiger partial charge is 0.492 e. The summed E-state index contributed by atoms with van der Waals surface area (Å²) < 4.78 is 74.5. The molecule has 0 aliphatic carbocycles. The first-order valence-corrected chi connectivity index (χ1v) is 14.1. The number of carbonyl (C=O) groups excluding carboxylic acids is 1. The van der Waals surface area contributed by atoms with Crippen molar-refractivity contribution < 1.29 is 40.4 Å². The molecule has 0 fully saturated rings. The number of halogens is 1. The minimum atomic E-state index is -4.30. The first-order valence-electron chi connectivity index (χ1n) is 9.36. The zero-order chi connectivity index (χ0) is 24.8. The van der Waals surface area contributed by atoms with Crippen LogP contribution in [-0.2, 0) is 24.7 Å². The molecule has 0 saturated heterocycles. The van der Waals surface area contributed by atoms with Gasteiger partial charge in [-0.3, -0.25) is 4.79 Å². The predicted octanol–water partition coefficient (Wildman–Crippen LogP) is 2.48. The predicted molar refractivity (Wildman–Crippen MR) is 120 cm³/mol. The number of fused-ring (bicyclic) bond motifs is 1. The fourth-order valence-corrected chi connectivity index (χ4v) is 6.51. The highest BCUT2D eigenvalue weighted by atomic mass is 35.5. The van der Waals surface area contributed by atoms with Crippen molar-refractivity contribution in [3.05, 3.63) is 44.9 Å². The summed E-state index contributed by atoms with van der Waals surface area (Å²) in [6, 6.07) is 2.48. The van der Waals surface area contributed by atoms with Crippen LogP contribution in [0.5, 0.6) is 17.2 Å². The van der Waals surface area contributed by atoms with Gasteiger partial charge in [-0.15, -0.1) is 0 Å². The number of carbonyl (C=O) groups is 1. The Morgan fingerprint density at radius 2 is 2.03 bits per heavy atom. The number of amides is 1. The Hall–Kier alpha value is -2.81. The Bertz CT molecular complexity index is 1480. The number of hydrogen-bond donors (Lipinski definition) is 1. The molecule has 1 N–H and O–H groups in total. The first-order chi connectivity index (χ1) is 16.0. The summed E-state index contributed by atoms with van der Waals surface area (Å²) in [7, 11) is -7.09. The molecule has 34 heavy (non-hydrogen) atoms. The van der Waals surface area contributed by atoms with Crippen LogP contribution in [0.3, 0.4) is 0 Å². The van der Waals surface area contributed by atoms with Crippen molar-refractivity contribution in [1.82, 2.24) is 9.88 Å². The number of aromatic nitrogens is 1. The van der Waals surface area contributed by atoms with Gasteiger partial charge in [0.15, 0.2) is 27.1 Å². The molecule has 3 heterocycles. The zero-order valence-electron chi connectivity index (χ0n) is 17.8. The number of nitrogens with zero attached hydrogens (tertiary/aromatic N) is 1. The zero-order valence-corrected chi connectivity index (χ0v) is 21.0. The first kappa shape index (κ1) is 24.3. The van der Waals surface area contributed by atoms with Crippen molar-refractivity contribution in [3.63, 3.8) is 0 Å². The van der Waals surface area contributed by atoms with Gasteiger partial charge in [0, 0.05) is 23.3 Å². The van der Waals surface area contributed by atoms with Gasteiger partial charge in [0.25, 0.3) is 10.0 Å². The molecular formula is C19H17ClN2O9S3. The van der Waals surface area contributed by atoms with E-state index in [1.165, 1.54) is 36.9 Å². The van der Waals surface area contributed by atoms with Crippen LogP contribution in [0.2, 0.25) is 5.02 Å². The summed E-state index contributed by atoms with van der Waals surface area (Å²) in [4.78, 5) is 13.0. The van der Waals surface area contributed by atoms with E-state index in [1.54, 1.807) is 0 Å². The summed E-state index contributed by atoms with van der Waals surface area (Å²) in [5.41, 5.74) is -0.0407. The lowest BCUT2D eigenvalue weighted by Crippen LogP contribution is -2.35. The number of benzene rings is 1. The van der Waals surface area contributed by atoms with Crippen LogP contribution in [0.4, 0.5) is 0 Å². The number of rotatable bonds is 7. The van der Waals surface area contributed by atoms with E-state index >= 15 is 0 Å². The average molecular weight is 549 g/mol. The molecule has 1 atom stereocenters. The van der Waals surface area contributed by atoms with Gasteiger partial charge in [0.2, 0.25) is 18.4 Å². The Kier molecular flexibility index (Phi) is 6.27. The van der Waals surface area contributed by atoms with Crippen molar-refractivity contribution in [2.24, 2.45) is 0 Å². The topological polar surface area (TPSA) is 151 Å². The van der Waals surface area contributed by atoms with Crippen molar-refractivity contribution in [1.29, 1.82) is 0 Å². The number of sulfone groups is 1. The molecule has 1 amide bonds. The van der Waals surface area contributed by atoms with Gasteiger partial charge in [0.05, 0.1) is 22.6 Å². The standard InChI is InChI=1S/C19H17ClN2O9S3/c1-9-15(20)17(31-21-9)14(19(23)22-34(26,27)10-4-5-32-7-10)13-12(33(3,24)25)6-11-16(18(13)28-2)30-8-29-11/h4-7,14H,8H2,1-3H3,(H,22,23). The van der Waals surface area contributed by atoms with Crippen molar-refractivity contribution in [2.75, 3.05) is 20.2 Å². The van der Waals surface area contributed by atoms with E-state index in [2.05, 4.69) is 5.16 Å². The molecule has 0 bridgehead atoms. The van der Waals surface area contributed by atoms with Gasteiger partial charge in [-0.05, 0) is 18.4 Å². The number of aryl methyl sites for hydroxylation is 1. The molecule has 11 nitrogen and oxygen atoms in total. The van der Waals surface area contributed by atoms with Crippen molar-refractivity contribution >= 4 is 48.7 Å². The van der Waals surface area contributed by atoms with Crippen LogP contribution in [0.15, 0.2) is 37.2 Å². The van der Waals surface area contributed by atoms with Crippen LogP contribution < -0.4 is 18.9 Å². The Morgan fingerprint density at radius 1 is 1.29 bits per heavy atom. The van der Waals surface area contributed by atoms with E-state index in [4.69, 9.17) is 30.3 Å². The molecule has 182 valence electrons. The van der Waals surface area contributed by atoms with E-state index in [1.807, 2.05) is 4.72 Å². The highest BCUT2D eigenvalue weighted by molar-refractivity contribution is 7.91. The van der Waals surface area contributed by atoms with Crippen molar-refractivity contribution in [2.45, 2.75) is 22.6 Å². The highest BCUT2D eigenvalue weighted by Crippen LogP contribution is 2.50. The number of ether oxygens (including phenoxy) is 3. The minimum absolute atomic E-state index is 0.0377. The van der Waals surface area contributed by atoms with Gasteiger partial charge in [-0.25, -0.2) is 21.6 Å². The molecule has 3 aromatic rings. The second-order valence-electron chi connectivity index (χ2n) is 7.14. The maximum Gasteiger partial charge on any atom is 0.264 e. The van der Waals surface area contributed by atoms with Gasteiger partial charge >= 0.3 is 0 Å². The second kappa shape index (κ2) is 8.76. The molecule has 1 unspecified atom stereocenters. The minimum Gasteiger partial charge on any atom is -0.492 e. The lowest BCUT2D eigenvalue weighted by atomic mass is 9.93. The fourth-order valence-electron chi connectivity index (χ4n) is 3.38. The molecule has 1 aliphatic heterocycles. The third kappa shape index (κ3) is 4.21. The van der Waals surface area contributed by atoms with Gasteiger partial charge < -0.3 is 18.7 Å². The molecular weight excluding hydrogens is 532 g/mol. The number of sulfonamides is 1. The van der Waals surface area contributed by atoms with Gasteiger partial charge in [-0.2, -0.15) is 11.3 Å². The van der Waals surface area contributed by atoms with E-state index < -0.39 is 31.7 Å². The SMILES string of the molecule is COc1c2c(cc(S(C)(=O)=O)c1C(C(=O)NS(=O)(=O)c1ccsc1)c1onc(C)c1Cl)OCO2. The van der Waals surface area contributed by atoms with Crippen LogP contribution in [0.1, 0.15) is 22.9 Å². The van der Waals surface area contributed by atoms with Crippen LogP contribution >= 0.6 is 22.9 Å². The summed E-state index contributed by atoms with van der Waals surface area (Å²) in [5.74, 6) is -3.17. The van der Waals surface area contributed by atoms with Crippen LogP contribution in [-0.4, -0.2) is 48.1 Å². The monoisotopic (exact) mass is 548 g/mol. The lowest BCUT2D eigenvalue weighted by molar-refractivity contribution is -0.120. The third-order valence-electron chi connectivity index (χ3n) is 4.89. The summed E-state index contributed by atoms with van der Waals surface area (Å²) >= 11 is 7.43. The molecule has 1 aliphatic rings. The Labute approximate surface area is 203 Å². The number of methoxy groups -OCH3 is 1. The molecule has 2 aromatic heterocycles. The smallest absolute Gasteiger partial charge is 0.264 e. The molecule has 1 aromatic carbocycles. The lowest BCUT2D eigenvalue weighted by Gasteiger charge is -2.21. The van der Waals surface area contributed by atoms with E-state index in [9.17, 15) is 21.6 Å². The summed E-state index contributed by atoms with van der Waals surface area (Å²) in [6.45, 7) is 1.28. The number of thiophene rings is 1. The maximum absolute atomic E-state index is 13.5. The normalized spacial score (nSPS) is 14.1. The Morgan fingerprint density at radius 3 is 2.59 bits per heavy atom. The molecule has 0 saturated carbocycles. The van der Waals surface area contributed by atoms with Crippen LogP contribution in [0.25, 0.3) is 0 Å². The van der Waals surface area contributed by atoms with E-state index in [0.717, 1.165) is 17.6 Å². The summed E-state index contributed by atoms with van der Waals surface area (Å²) in [6.07, 6.45) is 0.914. The van der Waals surface area contributed by atoms with E-state index in [0.29, 0.717) is 0 Å².